The number of anilines is 2. The third kappa shape index (κ3) is 2.58. The van der Waals surface area contributed by atoms with Gasteiger partial charge in [0.25, 0.3) is 0 Å². The van der Waals surface area contributed by atoms with E-state index in [4.69, 9.17) is 5.73 Å². The lowest BCUT2D eigenvalue weighted by molar-refractivity contribution is 0.992. The molecule has 5 rings (SSSR count). The van der Waals surface area contributed by atoms with Crippen molar-refractivity contribution in [1.29, 1.82) is 10.5 Å². The molecule has 0 aliphatic carbocycles. The van der Waals surface area contributed by atoms with Crippen molar-refractivity contribution < 1.29 is 0 Å². The van der Waals surface area contributed by atoms with E-state index in [9.17, 15) is 10.5 Å². The van der Waals surface area contributed by atoms with Gasteiger partial charge < -0.3 is 10.7 Å². The van der Waals surface area contributed by atoms with Gasteiger partial charge in [0.05, 0.1) is 22.3 Å². The first-order valence-electron chi connectivity index (χ1n) is 8.99. The van der Waals surface area contributed by atoms with Gasteiger partial charge in [-0.05, 0) is 24.3 Å². The van der Waals surface area contributed by atoms with Gasteiger partial charge >= 0.3 is 0 Å². The number of imidazole rings is 1. The van der Waals surface area contributed by atoms with E-state index in [1.165, 1.54) is 0 Å². The summed E-state index contributed by atoms with van der Waals surface area (Å²) < 4.78 is 1.54. The molecule has 30 heavy (non-hydrogen) atoms. The molecule has 3 aromatic heterocycles. The second-order valence-corrected chi connectivity index (χ2v) is 6.49. The van der Waals surface area contributed by atoms with Gasteiger partial charge in [-0.3, -0.25) is 5.43 Å². The smallest absolute Gasteiger partial charge is 0.181 e. The summed E-state index contributed by atoms with van der Waals surface area (Å²) in [5.74, 6) is 0.794. The number of nitrogens with one attached hydrogen (secondary N) is 2. The van der Waals surface area contributed by atoms with Crippen LogP contribution in [0.5, 0.6) is 0 Å². The number of aromatic amines is 1. The fourth-order valence-electron chi connectivity index (χ4n) is 3.31. The molecule has 0 aliphatic rings. The SMILES string of the molecule is N#Cc1nc2c(-c3nc4ccccc4[nH]3)c(N)n(Nc3ccccc3)c2nc1C#N. The topological polar surface area (TPSA) is 145 Å². The Morgan fingerprint density at radius 3 is 2.33 bits per heavy atom. The highest BCUT2D eigenvalue weighted by atomic mass is 15.5. The van der Waals surface area contributed by atoms with Crippen LogP contribution in [0.3, 0.4) is 0 Å². The molecule has 0 unspecified atom stereocenters. The van der Waals surface area contributed by atoms with Crippen molar-refractivity contribution in [2.24, 2.45) is 0 Å². The molecule has 0 radical (unpaired) electrons. The van der Waals surface area contributed by atoms with Crippen molar-refractivity contribution in [3.05, 3.63) is 66.0 Å². The summed E-state index contributed by atoms with van der Waals surface area (Å²) in [6, 6.07) is 20.8. The average Bonchev–Trinajstić information content (AvgIpc) is 3.32. The Kier molecular flexibility index (Phi) is 3.80. The van der Waals surface area contributed by atoms with Crippen LogP contribution in [-0.2, 0) is 0 Å². The molecular weight excluding hydrogens is 378 g/mol. The Labute approximate surface area is 170 Å². The van der Waals surface area contributed by atoms with Gasteiger partial charge in [0.1, 0.15) is 29.3 Å². The van der Waals surface area contributed by atoms with Crippen LogP contribution in [0.4, 0.5) is 11.5 Å². The first kappa shape index (κ1) is 17.2. The van der Waals surface area contributed by atoms with Crippen molar-refractivity contribution in [3.8, 4) is 23.5 Å². The maximum atomic E-state index is 9.42. The summed E-state index contributed by atoms with van der Waals surface area (Å²) in [4.78, 5) is 16.6. The summed E-state index contributed by atoms with van der Waals surface area (Å²) >= 11 is 0. The van der Waals surface area contributed by atoms with Gasteiger partial charge in [-0.1, -0.05) is 30.3 Å². The van der Waals surface area contributed by atoms with Crippen molar-refractivity contribution in [3.63, 3.8) is 0 Å². The first-order chi connectivity index (χ1) is 14.7. The normalized spacial score (nSPS) is 10.7. The predicted octanol–water partition coefficient (Wildman–Crippen LogP) is 3.18. The molecule has 3 heterocycles. The quantitative estimate of drug-likeness (QED) is 0.428. The van der Waals surface area contributed by atoms with Gasteiger partial charge in [-0.2, -0.15) is 10.5 Å². The van der Waals surface area contributed by atoms with Crippen LogP contribution in [-0.4, -0.2) is 24.6 Å². The van der Waals surface area contributed by atoms with E-state index < -0.39 is 0 Å². The molecule has 9 nitrogen and oxygen atoms in total. The van der Waals surface area contributed by atoms with Crippen LogP contribution >= 0.6 is 0 Å². The number of aromatic nitrogens is 5. The fourth-order valence-corrected chi connectivity index (χ4v) is 3.31. The molecule has 0 amide bonds. The second-order valence-electron chi connectivity index (χ2n) is 6.49. The Morgan fingerprint density at radius 2 is 1.60 bits per heavy atom. The van der Waals surface area contributed by atoms with Crippen molar-refractivity contribution in [1.82, 2.24) is 24.6 Å². The maximum absolute atomic E-state index is 9.42. The van der Waals surface area contributed by atoms with Crippen LogP contribution in [0.1, 0.15) is 11.4 Å². The van der Waals surface area contributed by atoms with Gasteiger partial charge in [-0.15, -0.1) is 0 Å². The van der Waals surface area contributed by atoms with E-state index in [0.717, 1.165) is 16.7 Å². The number of nitrogen functional groups attached to an aromatic ring is 1. The molecular formula is C21H13N9. The molecule has 0 spiro atoms. The van der Waals surface area contributed by atoms with Gasteiger partial charge in [0.15, 0.2) is 17.0 Å². The third-order valence-electron chi connectivity index (χ3n) is 4.68. The first-order valence-corrected chi connectivity index (χ1v) is 8.99. The number of nitriles is 2. The number of H-pyrrole nitrogens is 1. The number of nitrogens with two attached hydrogens (primary N) is 1. The highest BCUT2D eigenvalue weighted by Gasteiger charge is 2.24. The third-order valence-corrected chi connectivity index (χ3v) is 4.68. The van der Waals surface area contributed by atoms with Gasteiger partial charge in [0.2, 0.25) is 0 Å². The average molecular weight is 391 g/mol. The lowest BCUT2D eigenvalue weighted by Gasteiger charge is -2.10. The van der Waals surface area contributed by atoms with E-state index in [0.29, 0.717) is 28.4 Å². The Bertz CT molecular complexity index is 1460. The molecule has 0 fully saturated rings. The largest absolute Gasteiger partial charge is 0.383 e. The summed E-state index contributed by atoms with van der Waals surface area (Å²) in [7, 11) is 0. The fraction of sp³-hybridized carbons (Fsp3) is 0. The number of hydrogen-bond acceptors (Lipinski definition) is 7. The Balaban J connectivity index is 1.82. The van der Waals surface area contributed by atoms with E-state index in [-0.39, 0.29) is 11.4 Å². The van der Waals surface area contributed by atoms with Crippen LogP contribution in [0.2, 0.25) is 0 Å². The zero-order valence-electron chi connectivity index (χ0n) is 15.5. The summed E-state index contributed by atoms with van der Waals surface area (Å²) in [5, 5.41) is 18.8. The molecule has 0 bridgehead atoms. The lowest BCUT2D eigenvalue weighted by atomic mass is 10.2. The zero-order chi connectivity index (χ0) is 20.7. The van der Waals surface area contributed by atoms with Crippen molar-refractivity contribution in [2.45, 2.75) is 0 Å². The number of fused-ring (bicyclic) bond motifs is 2. The highest BCUT2D eigenvalue weighted by Crippen LogP contribution is 2.35. The predicted molar refractivity (Wildman–Crippen MR) is 112 cm³/mol. The molecule has 0 saturated carbocycles. The number of para-hydroxylation sites is 3. The van der Waals surface area contributed by atoms with Crippen LogP contribution in [0.15, 0.2) is 54.6 Å². The summed E-state index contributed by atoms with van der Waals surface area (Å²) in [5.41, 5.74) is 13.1. The van der Waals surface area contributed by atoms with E-state index >= 15 is 0 Å². The number of rotatable bonds is 3. The monoisotopic (exact) mass is 391 g/mol. The van der Waals surface area contributed by atoms with Crippen LogP contribution < -0.4 is 11.2 Å². The van der Waals surface area contributed by atoms with Crippen molar-refractivity contribution >= 4 is 33.7 Å². The van der Waals surface area contributed by atoms with Gasteiger partial charge in [-0.25, -0.2) is 19.6 Å². The second kappa shape index (κ2) is 6.62. The molecule has 0 saturated heterocycles. The molecule has 5 aromatic rings. The van der Waals surface area contributed by atoms with Crippen molar-refractivity contribution in [2.75, 3.05) is 11.2 Å². The van der Waals surface area contributed by atoms with E-state index in [1.807, 2.05) is 66.7 Å². The summed E-state index contributed by atoms with van der Waals surface area (Å²) in [6.45, 7) is 0. The number of benzene rings is 2. The Hall–Kier alpha value is -4.89. The molecule has 142 valence electrons. The number of hydrogen-bond donors (Lipinski definition) is 3. The van der Waals surface area contributed by atoms with Crippen LogP contribution in [0, 0.1) is 22.7 Å². The number of nitrogens with zero attached hydrogens (tertiary/aromatic N) is 6. The minimum absolute atomic E-state index is 0.0702. The molecule has 0 aliphatic heterocycles. The molecule has 9 heteroatoms. The summed E-state index contributed by atoms with van der Waals surface area (Å²) in [6.07, 6.45) is 0. The van der Waals surface area contributed by atoms with Crippen LogP contribution in [0.25, 0.3) is 33.6 Å². The maximum Gasteiger partial charge on any atom is 0.181 e. The molecule has 4 N–H and O–H groups in total. The Morgan fingerprint density at radius 1 is 0.900 bits per heavy atom. The lowest BCUT2D eigenvalue weighted by Crippen LogP contribution is -2.13. The minimum atomic E-state index is -0.0743. The standard InChI is InChI=1S/C21H13N9/c22-10-15-16(11-23)28-21-18(25-15)17(20-26-13-8-4-5-9-14(13)27-20)19(24)30(21)29-12-6-2-1-3-7-12/h1-9,29H,24H2,(H,26,27). The molecule has 0 atom stereocenters. The zero-order valence-corrected chi connectivity index (χ0v) is 15.5. The molecule has 2 aromatic carbocycles. The van der Waals surface area contributed by atoms with Gasteiger partial charge in [0, 0.05) is 0 Å². The minimum Gasteiger partial charge on any atom is -0.383 e. The van der Waals surface area contributed by atoms with E-state index in [1.54, 1.807) is 4.68 Å². The highest BCUT2D eigenvalue weighted by molar-refractivity contribution is 5.99. The van der Waals surface area contributed by atoms with E-state index in [2.05, 4.69) is 25.4 Å².